The number of amides is 1. The maximum absolute atomic E-state index is 12.0. The Kier molecular flexibility index (Phi) is 2.46. The van der Waals surface area contributed by atoms with Gasteiger partial charge in [-0.2, -0.15) is 0 Å². The van der Waals surface area contributed by atoms with Crippen molar-refractivity contribution in [1.82, 2.24) is 4.90 Å². The Morgan fingerprint density at radius 2 is 1.81 bits per heavy atom. The first-order valence-corrected chi connectivity index (χ1v) is 6.63. The van der Waals surface area contributed by atoms with Crippen LogP contribution in [0.5, 0.6) is 0 Å². The van der Waals surface area contributed by atoms with Gasteiger partial charge in [-0.05, 0) is 24.7 Å². The minimum atomic E-state index is -0.514. The predicted octanol–water partition coefficient (Wildman–Crippen LogP) is 1.61. The van der Waals surface area contributed by atoms with Crippen LogP contribution in [0.3, 0.4) is 0 Å². The fourth-order valence-corrected chi connectivity index (χ4v) is 4.21. The van der Waals surface area contributed by atoms with E-state index in [1.165, 1.54) is 25.7 Å². The van der Waals surface area contributed by atoms with Crippen LogP contribution >= 0.6 is 0 Å². The number of aliphatic hydroxyl groups excluding tert-OH is 1. The number of carbonyl (C=O) groups excluding carboxylic acids is 1. The number of hydrogen-bond acceptors (Lipinski definition) is 2. The lowest BCUT2D eigenvalue weighted by Gasteiger charge is -2.40. The van der Waals surface area contributed by atoms with Crippen molar-refractivity contribution in [1.29, 1.82) is 0 Å². The molecule has 1 N–H and O–H groups in total. The van der Waals surface area contributed by atoms with Gasteiger partial charge in [0.1, 0.15) is 6.23 Å². The summed E-state index contributed by atoms with van der Waals surface area (Å²) in [6.07, 6.45) is 6.91. The van der Waals surface area contributed by atoms with Crippen molar-refractivity contribution in [2.45, 2.75) is 44.8 Å². The molecule has 0 spiro atoms. The van der Waals surface area contributed by atoms with E-state index in [4.69, 9.17) is 0 Å². The number of hydrogen-bond donors (Lipinski definition) is 1. The minimum Gasteiger partial charge on any atom is -0.373 e. The molecule has 90 valence electrons. The Bertz CT molecular complexity index is 304. The standard InChI is InChI=1S/C13H21NO2/c1-14-12(15)10-6-8-4-2-3-5-9(8)7-11(10)13(14)16/h8-12,15H,2-7H2,1H3. The Morgan fingerprint density at radius 1 is 1.19 bits per heavy atom. The van der Waals surface area contributed by atoms with E-state index in [0.29, 0.717) is 0 Å². The summed E-state index contributed by atoms with van der Waals surface area (Å²) in [4.78, 5) is 13.6. The molecular weight excluding hydrogens is 202 g/mol. The monoisotopic (exact) mass is 223 g/mol. The van der Waals surface area contributed by atoms with Crippen molar-refractivity contribution < 1.29 is 9.90 Å². The fourth-order valence-electron chi connectivity index (χ4n) is 4.21. The topological polar surface area (TPSA) is 40.5 Å². The number of likely N-dealkylation sites (tertiary alicyclic amines) is 1. The summed E-state index contributed by atoms with van der Waals surface area (Å²) in [7, 11) is 1.75. The average Bonchev–Trinajstić information content (AvgIpc) is 2.52. The van der Waals surface area contributed by atoms with Crippen LogP contribution in [0.1, 0.15) is 38.5 Å². The SMILES string of the molecule is CN1C(=O)C2CC3CCCCC3CC2C1O. The molecule has 16 heavy (non-hydrogen) atoms. The molecule has 2 saturated carbocycles. The predicted molar refractivity (Wildman–Crippen MR) is 60.4 cm³/mol. The number of nitrogens with zero attached hydrogens (tertiary/aromatic N) is 1. The van der Waals surface area contributed by atoms with Crippen LogP contribution in [0.4, 0.5) is 0 Å². The summed E-state index contributed by atoms with van der Waals surface area (Å²) in [6.45, 7) is 0. The van der Waals surface area contributed by atoms with Crippen LogP contribution in [0.2, 0.25) is 0 Å². The van der Waals surface area contributed by atoms with Crippen LogP contribution in [0.25, 0.3) is 0 Å². The van der Waals surface area contributed by atoms with Crippen LogP contribution in [-0.4, -0.2) is 29.2 Å². The summed E-state index contributed by atoms with van der Waals surface area (Å²) >= 11 is 0. The highest BCUT2D eigenvalue weighted by Gasteiger charge is 2.51. The van der Waals surface area contributed by atoms with Crippen molar-refractivity contribution in [3.63, 3.8) is 0 Å². The van der Waals surface area contributed by atoms with Crippen molar-refractivity contribution in [2.24, 2.45) is 23.7 Å². The van der Waals surface area contributed by atoms with Gasteiger partial charge in [0.2, 0.25) is 5.91 Å². The van der Waals surface area contributed by atoms with Gasteiger partial charge in [0.25, 0.3) is 0 Å². The van der Waals surface area contributed by atoms with Crippen LogP contribution in [0, 0.1) is 23.7 Å². The molecule has 0 aromatic carbocycles. The van der Waals surface area contributed by atoms with E-state index in [1.807, 2.05) is 0 Å². The van der Waals surface area contributed by atoms with Gasteiger partial charge in [-0.1, -0.05) is 25.7 Å². The maximum Gasteiger partial charge on any atom is 0.227 e. The zero-order chi connectivity index (χ0) is 11.3. The summed E-state index contributed by atoms with van der Waals surface area (Å²) in [6, 6.07) is 0. The molecule has 3 fully saturated rings. The summed E-state index contributed by atoms with van der Waals surface area (Å²) in [5.41, 5.74) is 0. The normalized spacial score (nSPS) is 47.8. The molecule has 0 radical (unpaired) electrons. The molecule has 5 atom stereocenters. The second kappa shape index (κ2) is 3.73. The Morgan fingerprint density at radius 3 is 2.50 bits per heavy atom. The number of rotatable bonds is 0. The second-order valence-corrected chi connectivity index (χ2v) is 5.91. The van der Waals surface area contributed by atoms with Crippen LogP contribution < -0.4 is 0 Å². The molecule has 0 aromatic rings. The van der Waals surface area contributed by atoms with E-state index in [-0.39, 0.29) is 17.7 Å². The van der Waals surface area contributed by atoms with Gasteiger partial charge in [-0.15, -0.1) is 0 Å². The summed E-state index contributed by atoms with van der Waals surface area (Å²) in [5.74, 6) is 2.07. The molecule has 1 saturated heterocycles. The van der Waals surface area contributed by atoms with Crippen molar-refractivity contribution in [3.05, 3.63) is 0 Å². The molecule has 3 aliphatic rings. The third-order valence-corrected chi connectivity index (χ3v) is 5.16. The first kappa shape index (κ1) is 10.6. The third-order valence-electron chi connectivity index (χ3n) is 5.16. The highest BCUT2D eigenvalue weighted by Crippen LogP contribution is 2.49. The number of carbonyl (C=O) groups is 1. The van der Waals surface area contributed by atoms with E-state index in [0.717, 1.165) is 24.7 Å². The third kappa shape index (κ3) is 1.41. The molecule has 3 rings (SSSR count). The first-order valence-electron chi connectivity index (χ1n) is 6.63. The van der Waals surface area contributed by atoms with E-state index in [1.54, 1.807) is 11.9 Å². The number of fused-ring (bicyclic) bond motifs is 2. The Labute approximate surface area is 96.8 Å². The minimum absolute atomic E-state index is 0.124. The van der Waals surface area contributed by atoms with Crippen molar-refractivity contribution in [3.8, 4) is 0 Å². The molecule has 0 aromatic heterocycles. The molecule has 1 aliphatic heterocycles. The quantitative estimate of drug-likeness (QED) is 0.678. The zero-order valence-corrected chi connectivity index (χ0v) is 9.93. The Balaban J connectivity index is 1.81. The molecular formula is C13H21NO2. The lowest BCUT2D eigenvalue weighted by molar-refractivity contribution is -0.134. The van der Waals surface area contributed by atoms with Crippen molar-refractivity contribution in [2.75, 3.05) is 7.05 Å². The largest absolute Gasteiger partial charge is 0.373 e. The first-order chi connectivity index (χ1) is 7.68. The maximum atomic E-state index is 12.0. The molecule has 5 unspecified atom stereocenters. The highest BCUT2D eigenvalue weighted by molar-refractivity contribution is 5.81. The molecule has 3 nitrogen and oxygen atoms in total. The van der Waals surface area contributed by atoms with Gasteiger partial charge in [-0.25, -0.2) is 0 Å². The van der Waals surface area contributed by atoms with Gasteiger partial charge in [0.05, 0.1) is 0 Å². The molecule has 1 amide bonds. The van der Waals surface area contributed by atoms with E-state index in [9.17, 15) is 9.90 Å². The smallest absolute Gasteiger partial charge is 0.227 e. The van der Waals surface area contributed by atoms with Crippen LogP contribution in [0.15, 0.2) is 0 Å². The summed E-state index contributed by atoms with van der Waals surface area (Å²) in [5, 5.41) is 10.1. The van der Waals surface area contributed by atoms with Gasteiger partial charge in [-0.3, -0.25) is 4.79 Å². The molecule has 0 bridgehead atoms. The zero-order valence-electron chi connectivity index (χ0n) is 9.93. The second-order valence-electron chi connectivity index (χ2n) is 5.91. The molecule has 2 aliphatic carbocycles. The Hall–Kier alpha value is -0.570. The van der Waals surface area contributed by atoms with Gasteiger partial charge >= 0.3 is 0 Å². The van der Waals surface area contributed by atoms with Gasteiger partial charge in [0.15, 0.2) is 0 Å². The lowest BCUT2D eigenvalue weighted by atomic mass is 9.64. The van der Waals surface area contributed by atoms with Crippen LogP contribution in [-0.2, 0) is 4.79 Å². The molecule has 3 heteroatoms. The van der Waals surface area contributed by atoms with Gasteiger partial charge in [0, 0.05) is 18.9 Å². The average molecular weight is 223 g/mol. The van der Waals surface area contributed by atoms with E-state index < -0.39 is 6.23 Å². The highest BCUT2D eigenvalue weighted by atomic mass is 16.3. The van der Waals surface area contributed by atoms with Crippen molar-refractivity contribution >= 4 is 5.91 Å². The lowest BCUT2D eigenvalue weighted by Crippen LogP contribution is -2.36. The fraction of sp³-hybridized carbons (Fsp3) is 0.923. The van der Waals surface area contributed by atoms with Gasteiger partial charge < -0.3 is 10.0 Å². The number of aliphatic hydroxyl groups is 1. The van der Waals surface area contributed by atoms with E-state index >= 15 is 0 Å². The summed E-state index contributed by atoms with van der Waals surface area (Å²) < 4.78 is 0. The molecule has 1 heterocycles. The van der Waals surface area contributed by atoms with E-state index in [2.05, 4.69) is 0 Å².